The Morgan fingerprint density at radius 1 is 1.17 bits per heavy atom. The molecule has 1 aromatic heterocycles. The number of carbonyl (C=O) groups is 2. The molecule has 0 aliphatic carbocycles. The summed E-state index contributed by atoms with van der Waals surface area (Å²) < 4.78 is 10.9. The average Bonchev–Trinajstić information content (AvgIpc) is 2.78. The normalized spacial score (nSPS) is 14.4. The number of rotatable bonds is 6. The molecule has 0 aromatic carbocycles. The van der Waals surface area contributed by atoms with Gasteiger partial charge in [-0.05, 0) is 45.8 Å². The standard InChI is InChI=1S/C18H30N2O4/c1-11(10-20(7)8)23-17(22)15-12(2)14(9-19-15)16(21)24-13(3)18(4,5)6/h9,11,13,19H,10H2,1-8H3. The monoisotopic (exact) mass is 338 g/mol. The molecule has 0 amide bonds. The van der Waals surface area contributed by atoms with Gasteiger partial charge in [-0.25, -0.2) is 9.59 Å². The van der Waals surface area contributed by atoms with Gasteiger partial charge in [-0.2, -0.15) is 0 Å². The van der Waals surface area contributed by atoms with Crippen LogP contribution in [0.15, 0.2) is 6.20 Å². The van der Waals surface area contributed by atoms with Crippen molar-refractivity contribution in [1.82, 2.24) is 9.88 Å². The highest BCUT2D eigenvalue weighted by atomic mass is 16.5. The smallest absolute Gasteiger partial charge is 0.355 e. The number of carbonyl (C=O) groups excluding carboxylic acids is 2. The number of likely N-dealkylation sites (N-methyl/N-ethyl adjacent to an activating group) is 1. The second-order valence-corrected chi connectivity index (χ2v) is 7.59. The number of H-pyrrole nitrogens is 1. The first-order valence-electron chi connectivity index (χ1n) is 8.18. The van der Waals surface area contributed by atoms with Crippen LogP contribution in [0.25, 0.3) is 0 Å². The van der Waals surface area contributed by atoms with Gasteiger partial charge in [0.2, 0.25) is 0 Å². The fourth-order valence-corrected chi connectivity index (χ4v) is 2.11. The topological polar surface area (TPSA) is 71.6 Å². The first-order valence-corrected chi connectivity index (χ1v) is 8.18. The number of aromatic nitrogens is 1. The lowest BCUT2D eigenvalue weighted by atomic mass is 9.90. The third kappa shape index (κ3) is 5.37. The van der Waals surface area contributed by atoms with Gasteiger partial charge in [0.15, 0.2) is 0 Å². The first-order chi connectivity index (χ1) is 10.9. The SMILES string of the molecule is Cc1c(C(=O)OC(C)C(C)(C)C)c[nH]c1C(=O)OC(C)CN(C)C. The summed E-state index contributed by atoms with van der Waals surface area (Å²) in [7, 11) is 3.82. The molecule has 0 radical (unpaired) electrons. The first kappa shape index (κ1) is 20.2. The zero-order valence-electron chi connectivity index (χ0n) is 16.0. The van der Waals surface area contributed by atoms with E-state index in [-0.39, 0.29) is 23.3 Å². The predicted octanol–water partition coefficient (Wildman–Crippen LogP) is 3.02. The van der Waals surface area contributed by atoms with Gasteiger partial charge in [0.25, 0.3) is 0 Å². The summed E-state index contributed by atoms with van der Waals surface area (Å²) in [6, 6.07) is 0. The Labute approximate surface area is 144 Å². The Morgan fingerprint density at radius 2 is 1.75 bits per heavy atom. The highest BCUT2D eigenvalue weighted by Crippen LogP contribution is 2.24. The summed E-state index contributed by atoms with van der Waals surface area (Å²) >= 11 is 0. The van der Waals surface area contributed by atoms with Crippen LogP contribution in [0.3, 0.4) is 0 Å². The van der Waals surface area contributed by atoms with E-state index < -0.39 is 11.9 Å². The van der Waals surface area contributed by atoms with Gasteiger partial charge < -0.3 is 19.4 Å². The lowest BCUT2D eigenvalue weighted by molar-refractivity contribution is 0.00475. The van der Waals surface area contributed by atoms with Crippen LogP contribution < -0.4 is 0 Å². The molecule has 2 unspecified atom stereocenters. The summed E-state index contributed by atoms with van der Waals surface area (Å²) in [4.78, 5) is 29.4. The minimum Gasteiger partial charge on any atom is -0.458 e. The zero-order valence-corrected chi connectivity index (χ0v) is 16.0. The van der Waals surface area contributed by atoms with E-state index in [1.165, 1.54) is 6.20 Å². The second kappa shape index (κ2) is 7.83. The molecular formula is C18H30N2O4. The molecule has 0 aliphatic heterocycles. The van der Waals surface area contributed by atoms with Crippen LogP contribution in [-0.2, 0) is 9.47 Å². The van der Waals surface area contributed by atoms with Crippen molar-refractivity contribution in [3.63, 3.8) is 0 Å². The van der Waals surface area contributed by atoms with E-state index >= 15 is 0 Å². The molecule has 0 spiro atoms. The van der Waals surface area contributed by atoms with Crippen molar-refractivity contribution in [3.05, 3.63) is 23.0 Å². The summed E-state index contributed by atoms with van der Waals surface area (Å²) in [6.45, 7) is 12.0. The largest absolute Gasteiger partial charge is 0.458 e. The fraction of sp³-hybridized carbons (Fsp3) is 0.667. The van der Waals surface area contributed by atoms with E-state index in [1.807, 2.05) is 53.6 Å². The third-order valence-electron chi connectivity index (χ3n) is 4.00. The number of aromatic amines is 1. The van der Waals surface area contributed by atoms with E-state index in [2.05, 4.69) is 4.98 Å². The van der Waals surface area contributed by atoms with Crippen LogP contribution in [-0.4, -0.2) is 54.7 Å². The third-order valence-corrected chi connectivity index (χ3v) is 4.00. The maximum atomic E-state index is 12.3. The average molecular weight is 338 g/mol. The summed E-state index contributed by atoms with van der Waals surface area (Å²) in [5, 5.41) is 0. The Hall–Kier alpha value is -1.82. The Kier molecular flexibility index (Phi) is 6.60. The van der Waals surface area contributed by atoms with E-state index in [0.29, 0.717) is 17.7 Å². The quantitative estimate of drug-likeness (QED) is 0.807. The Balaban J connectivity index is 2.82. The van der Waals surface area contributed by atoms with Gasteiger partial charge in [-0.15, -0.1) is 0 Å². The summed E-state index contributed by atoms with van der Waals surface area (Å²) in [5.41, 5.74) is 1.04. The molecule has 6 heteroatoms. The number of hydrogen-bond donors (Lipinski definition) is 1. The minimum atomic E-state index is -0.468. The van der Waals surface area contributed by atoms with Gasteiger partial charge in [0.05, 0.1) is 5.56 Å². The Morgan fingerprint density at radius 3 is 2.25 bits per heavy atom. The highest BCUT2D eigenvalue weighted by Gasteiger charge is 2.27. The van der Waals surface area contributed by atoms with Crippen molar-refractivity contribution >= 4 is 11.9 Å². The highest BCUT2D eigenvalue weighted by molar-refractivity contribution is 5.97. The molecule has 2 atom stereocenters. The number of nitrogens with one attached hydrogen (secondary N) is 1. The molecule has 0 aliphatic rings. The molecule has 1 N–H and O–H groups in total. The van der Waals surface area contributed by atoms with E-state index in [9.17, 15) is 9.59 Å². The van der Waals surface area contributed by atoms with E-state index in [1.54, 1.807) is 6.92 Å². The molecule has 0 saturated heterocycles. The molecular weight excluding hydrogens is 308 g/mol. The van der Waals surface area contributed by atoms with Crippen LogP contribution in [0.1, 0.15) is 61.0 Å². The predicted molar refractivity (Wildman–Crippen MR) is 93.3 cm³/mol. The Bertz CT molecular complexity index is 584. The molecule has 136 valence electrons. The van der Waals surface area contributed by atoms with Gasteiger partial charge in [-0.3, -0.25) is 0 Å². The van der Waals surface area contributed by atoms with Gasteiger partial charge in [0, 0.05) is 12.7 Å². The summed E-state index contributed by atoms with van der Waals surface area (Å²) in [6.07, 6.45) is 1.02. The van der Waals surface area contributed by atoms with Crippen molar-refractivity contribution in [2.24, 2.45) is 5.41 Å². The molecule has 0 fully saturated rings. The van der Waals surface area contributed by atoms with E-state index in [4.69, 9.17) is 9.47 Å². The van der Waals surface area contributed by atoms with Crippen molar-refractivity contribution in [2.45, 2.75) is 53.8 Å². The molecule has 0 bridgehead atoms. The van der Waals surface area contributed by atoms with E-state index in [0.717, 1.165) is 0 Å². The number of nitrogens with zero attached hydrogens (tertiary/aromatic N) is 1. The van der Waals surface area contributed by atoms with Crippen LogP contribution in [0.4, 0.5) is 0 Å². The van der Waals surface area contributed by atoms with Crippen molar-refractivity contribution < 1.29 is 19.1 Å². The van der Waals surface area contributed by atoms with Crippen LogP contribution in [0.5, 0.6) is 0 Å². The van der Waals surface area contributed by atoms with Gasteiger partial charge >= 0.3 is 11.9 Å². The number of ether oxygens (including phenoxy) is 2. The number of hydrogen-bond acceptors (Lipinski definition) is 5. The zero-order chi connectivity index (χ0) is 18.7. The second-order valence-electron chi connectivity index (χ2n) is 7.59. The van der Waals surface area contributed by atoms with Gasteiger partial charge in [-0.1, -0.05) is 20.8 Å². The summed E-state index contributed by atoms with van der Waals surface area (Å²) in [5.74, 6) is -0.906. The molecule has 1 rings (SSSR count). The van der Waals surface area contributed by atoms with Crippen molar-refractivity contribution in [3.8, 4) is 0 Å². The van der Waals surface area contributed by atoms with Crippen molar-refractivity contribution in [1.29, 1.82) is 0 Å². The van der Waals surface area contributed by atoms with Crippen LogP contribution >= 0.6 is 0 Å². The molecule has 1 heterocycles. The fourth-order valence-electron chi connectivity index (χ4n) is 2.11. The van der Waals surface area contributed by atoms with Crippen LogP contribution in [0.2, 0.25) is 0 Å². The molecule has 1 aromatic rings. The molecule has 6 nitrogen and oxygen atoms in total. The molecule has 0 saturated carbocycles. The van der Waals surface area contributed by atoms with Crippen LogP contribution in [0, 0.1) is 12.3 Å². The minimum absolute atomic E-state index is 0.150. The lowest BCUT2D eigenvalue weighted by Gasteiger charge is -2.26. The number of esters is 2. The maximum absolute atomic E-state index is 12.3. The van der Waals surface area contributed by atoms with Crippen molar-refractivity contribution in [2.75, 3.05) is 20.6 Å². The molecule has 24 heavy (non-hydrogen) atoms. The lowest BCUT2D eigenvalue weighted by Crippen LogP contribution is -2.29. The van der Waals surface area contributed by atoms with Gasteiger partial charge in [0.1, 0.15) is 17.9 Å². The maximum Gasteiger partial charge on any atom is 0.355 e.